The molecule has 1 aliphatic rings. The van der Waals surface area contributed by atoms with E-state index in [2.05, 4.69) is 11.6 Å². The van der Waals surface area contributed by atoms with Crippen molar-refractivity contribution in [3.8, 4) is 0 Å². The molecule has 0 amide bonds. The van der Waals surface area contributed by atoms with Gasteiger partial charge in [0, 0.05) is 5.71 Å². The van der Waals surface area contributed by atoms with Crippen molar-refractivity contribution >= 4 is 5.71 Å². The summed E-state index contributed by atoms with van der Waals surface area (Å²) in [4.78, 5) is 4.15. The van der Waals surface area contributed by atoms with Gasteiger partial charge in [0.05, 0.1) is 6.54 Å². The van der Waals surface area contributed by atoms with Crippen molar-refractivity contribution < 1.29 is 0 Å². The summed E-state index contributed by atoms with van der Waals surface area (Å²) in [7, 11) is 0. The molecule has 1 aliphatic carbocycles. The molecule has 1 rings (SSSR count). The molecule has 38 valence electrons. The average molecular weight is 95.1 g/mol. The van der Waals surface area contributed by atoms with Crippen molar-refractivity contribution in [2.75, 3.05) is 6.54 Å². The Morgan fingerprint density at radius 1 is 1.71 bits per heavy atom. The number of nitrogens with zero attached hydrogens (tertiary/aromatic N) is 1. The van der Waals surface area contributed by atoms with Gasteiger partial charge >= 0.3 is 0 Å². The molecule has 0 unspecified atom stereocenters. The molecule has 0 aromatic carbocycles. The van der Waals surface area contributed by atoms with Gasteiger partial charge in [0.1, 0.15) is 0 Å². The van der Waals surface area contributed by atoms with E-state index in [1.54, 1.807) is 0 Å². The van der Waals surface area contributed by atoms with Crippen molar-refractivity contribution in [1.29, 1.82) is 0 Å². The third-order valence-corrected chi connectivity index (χ3v) is 0.918. The molecule has 0 spiro atoms. The van der Waals surface area contributed by atoms with Crippen molar-refractivity contribution in [2.24, 2.45) is 4.99 Å². The van der Waals surface area contributed by atoms with Crippen LogP contribution in [0.15, 0.2) is 17.6 Å². The standard InChI is InChI=1S/C6H9N/c1-2-5-7-6-3-4-6/h2H,1,3-5H2. The van der Waals surface area contributed by atoms with Crippen LogP contribution in [0, 0.1) is 0 Å². The Morgan fingerprint density at radius 3 is 2.86 bits per heavy atom. The highest BCUT2D eigenvalue weighted by Gasteiger charge is 2.10. The maximum atomic E-state index is 4.15. The molecule has 0 atom stereocenters. The van der Waals surface area contributed by atoms with E-state index in [9.17, 15) is 0 Å². The van der Waals surface area contributed by atoms with Gasteiger partial charge in [0.15, 0.2) is 0 Å². The van der Waals surface area contributed by atoms with Crippen molar-refractivity contribution in [3.63, 3.8) is 0 Å². The first-order valence-corrected chi connectivity index (χ1v) is 2.56. The third-order valence-electron chi connectivity index (χ3n) is 0.918. The monoisotopic (exact) mass is 95.1 g/mol. The van der Waals surface area contributed by atoms with Crippen LogP contribution in [0.3, 0.4) is 0 Å². The predicted octanol–water partition coefficient (Wildman–Crippen LogP) is 1.41. The molecule has 1 fully saturated rings. The SMILES string of the molecule is C=CCN=C1CC1. The molecule has 0 heterocycles. The van der Waals surface area contributed by atoms with Gasteiger partial charge in [0.25, 0.3) is 0 Å². The van der Waals surface area contributed by atoms with E-state index in [0.717, 1.165) is 6.54 Å². The summed E-state index contributed by atoms with van der Waals surface area (Å²) in [5.74, 6) is 0. The van der Waals surface area contributed by atoms with Crippen LogP contribution >= 0.6 is 0 Å². The van der Waals surface area contributed by atoms with E-state index in [-0.39, 0.29) is 0 Å². The highest BCUT2D eigenvalue weighted by atomic mass is 14.8. The lowest BCUT2D eigenvalue weighted by molar-refractivity contribution is 1.26. The quantitative estimate of drug-likeness (QED) is 0.460. The van der Waals surface area contributed by atoms with E-state index >= 15 is 0 Å². The minimum absolute atomic E-state index is 0.815. The zero-order valence-corrected chi connectivity index (χ0v) is 4.35. The van der Waals surface area contributed by atoms with Gasteiger partial charge in [-0.2, -0.15) is 0 Å². The van der Waals surface area contributed by atoms with E-state index in [0.29, 0.717) is 0 Å². The second-order valence-electron chi connectivity index (χ2n) is 1.70. The van der Waals surface area contributed by atoms with Gasteiger partial charge < -0.3 is 0 Å². The molecule has 1 saturated carbocycles. The fourth-order valence-electron chi connectivity index (χ4n) is 0.408. The van der Waals surface area contributed by atoms with Crippen molar-refractivity contribution in [3.05, 3.63) is 12.7 Å². The smallest absolute Gasteiger partial charge is 0.0567 e. The second kappa shape index (κ2) is 1.92. The average Bonchev–Trinajstić information content (AvgIpc) is 2.42. The van der Waals surface area contributed by atoms with Gasteiger partial charge in [-0.25, -0.2) is 0 Å². The molecular formula is C6H9N. The lowest BCUT2D eigenvalue weighted by atomic mass is 10.6. The summed E-state index contributed by atoms with van der Waals surface area (Å²) >= 11 is 0. The van der Waals surface area contributed by atoms with E-state index in [1.165, 1.54) is 18.6 Å². The Balaban J connectivity index is 2.18. The number of hydrogen-bond acceptors (Lipinski definition) is 1. The largest absolute Gasteiger partial charge is 0.290 e. The minimum atomic E-state index is 0.815. The first-order valence-electron chi connectivity index (χ1n) is 2.56. The molecule has 7 heavy (non-hydrogen) atoms. The normalized spacial score (nSPS) is 16.3. The highest BCUT2D eigenvalue weighted by Crippen LogP contribution is 2.13. The fraction of sp³-hybridized carbons (Fsp3) is 0.500. The van der Waals surface area contributed by atoms with E-state index < -0.39 is 0 Å². The Bertz CT molecular complexity index is 96.7. The molecule has 0 aromatic heterocycles. The molecule has 0 saturated heterocycles. The summed E-state index contributed by atoms with van der Waals surface area (Å²) in [5, 5.41) is 0. The topological polar surface area (TPSA) is 12.4 Å². The minimum Gasteiger partial charge on any atom is -0.290 e. The molecule has 0 N–H and O–H groups in total. The van der Waals surface area contributed by atoms with Gasteiger partial charge in [-0.1, -0.05) is 6.08 Å². The summed E-state index contributed by atoms with van der Waals surface area (Å²) in [6.07, 6.45) is 4.28. The summed E-state index contributed by atoms with van der Waals surface area (Å²) in [6.45, 7) is 4.37. The zero-order chi connectivity index (χ0) is 5.11. The van der Waals surface area contributed by atoms with Crippen LogP contribution in [-0.2, 0) is 0 Å². The lowest BCUT2D eigenvalue weighted by Crippen LogP contribution is -1.69. The molecule has 1 nitrogen and oxygen atoms in total. The van der Waals surface area contributed by atoms with Crippen LogP contribution in [0.4, 0.5) is 0 Å². The van der Waals surface area contributed by atoms with E-state index in [4.69, 9.17) is 0 Å². The summed E-state index contributed by atoms with van der Waals surface area (Å²) in [5.41, 5.74) is 1.36. The van der Waals surface area contributed by atoms with Crippen LogP contribution < -0.4 is 0 Å². The lowest BCUT2D eigenvalue weighted by Gasteiger charge is -1.73. The first-order chi connectivity index (χ1) is 3.43. The Hall–Kier alpha value is -0.590. The number of hydrogen-bond donors (Lipinski definition) is 0. The Labute approximate surface area is 43.8 Å². The molecule has 0 bridgehead atoms. The number of aliphatic imine (C=N–C) groups is 1. The van der Waals surface area contributed by atoms with Crippen LogP contribution in [0.1, 0.15) is 12.8 Å². The van der Waals surface area contributed by atoms with Crippen molar-refractivity contribution in [2.45, 2.75) is 12.8 Å². The van der Waals surface area contributed by atoms with Gasteiger partial charge in [-0.05, 0) is 12.8 Å². The number of rotatable bonds is 2. The van der Waals surface area contributed by atoms with E-state index in [1.807, 2.05) is 6.08 Å². The zero-order valence-electron chi connectivity index (χ0n) is 4.35. The molecule has 0 aliphatic heterocycles. The fourth-order valence-corrected chi connectivity index (χ4v) is 0.408. The summed E-state index contributed by atoms with van der Waals surface area (Å²) < 4.78 is 0. The van der Waals surface area contributed by atoms with Crippen LogP contribution in [0.5, 0.6) is 0 Å². The second-order valence-corrected chi connectivity index (χ2v) is 1.70. The van der Waals surface area contributed by atoms with Gasteiger partial charge in [-0.15, -0.1) is 6.58 Å². The summed E-state index contributed by atoms with van der Waals surface area (Å²) in [6, 6.07) is 0. The third kappa shape index (κ3) is 1.53. The van der Waals surface area contributed by atoms with Crippen LogP contribution in [0.25, 0.3) is 0 Å². The molecule has 1 heteroatoms. The molecular weight excluding hydrogens is 86.1 g/mol. The van der Waals surface area contributed by atoms with Crippen molar-refractivity contribution in [1.82, 2.24) is 0 Å². The maximum absolute atomic E-state index is 4.15. The van der Waals surface area contributed by atoms with Crippen LogP contribution in [0.2, 0.25) is 0 Å². The first kappa shape index (κ1) is 4.57. The predicted molar refractivity (Wildman–Crippen MR) is 31.7 cm³/mol. The Kier molecular flexibility index (Phi) is 1.25. The molecule has 0 radical (unpaired) electrons. The molecule has 0 aromatic rings. The van der Waals surface area contributed by atoms with Crippen LogP contribution in [-0.4, -0.2) is 12.3 Å². The maximum Gasteiger partial charge on any atom is 0.0567 e. The highest BCUT2D eigenvalue weighted by molar-refractivity contribution is 5.97. The van der Waals surface area contributed by atoms with Gasteiger partial charge in [-0.3, -0.25) is 4.99 Å². The Morgan fingerprint density at radius 2 is 2.43 bits per heavy atom. The van der Waals surface area contributed by atoms with Gasteiger partial charge in [0.2, 0.25) is 0 Å².